The van der Waals surface area contributed by atoms with Gasteiger partial charge in [-0.2, -0.15) is 15.0 Å². The molecular weight excluding hydrogens is 268 g/mol. The number of anilines is 2. The van der Waals surface area contributed by atoms with Crippen LogP contribution in [0.3, 0.4) is 0 Å². The Hall–Kier alpha value is -1.63. The largest absolute Gasteiger partial charge is 0.463 e. The number of hydrogen-bond donors (Lipinski definition) is 1. The molecule has 0 atom stereocenters. The molecule has 0 amide bonds. The zero-order valence-electron chi connectivity index (χ0n) is 13.3. The first-order valence-electron chi connectivity index (χ1n) is 7.65. The molecule has 0 bridgehead atoms. The number of ether oxygens (including phenoxy) is 1. The molecule has 1 fully saturated rings. The SMILES string of the molecule is CNc1nc(OCCCN(C)C)nc(N2CCCCC2)n1. The quantitative estimate of drug-likeness (QED) is 0.759. The normalized spacial score (nSPS) is 15.3. The minimum Gasteiger partial charge on any atom is -0.463 e. The van der Waals surface area contributed by atoms with Gasteiger partial charge in [-0.05, 0) is 39.8 Å². The molecule has 2 rings (SSSR count). The minimum atomic E-state index is 0.411. The Labute approximate surface area is 126 Å². The van der Waals surface area contributed by atoms with Gasteiger partial charge in [0.15, 0.2) is 0 Å². The van der Waals surface area contributed by atoms with E-state index >= 15 is 0 Å². The minimum absolute atomic E-state index is 0.411. The first kappa shape index (κ1) is 15.8. The third-order valence-electron chi connectivity index (χ3n) is 3.45. The summed E-state index contributed by atoms with van der Waals surface area (Å²) in [6.45, 7) is 3.62. The zero-order valence-corrected chi connectivity index (χ0v) is 13.3. The topological polar surface area (TPSA) is 66.4 Å². The summed E-state index contributed by atoms with van der Waals surface area (Å²) in [7, 11) is 5.91. The van der Waals surface area contributed by atoms with E-state index < -0.39 is 0 Å². The van der Waals surface area contributed by atoms with Crippen molar-refractivity contribution in [2.45, 2.75) is 25.7 Å². The molecule has 1 saturated heterocycles. The fourth-order valence-corrected chi connectivity index (χ4v) is 2.30. The second-order valence-corrected chi connectivity index (χ2v) is 5.54. The van der Waals surface area contributed by atoms with E-state index in [1.165, 1.54) is 19.3 Å². The fourth-order valence-electron chi connectivity index (χ4n) is 2.30. The molecule has 21 heavy (non-hydrogen) atoms. The summed E-state index contributed by atoms with van der Waals surface area (Å²) in [6, 6.07) is 0.411. The highest BCUT2D eigenvalue weighted by atomic mass is 16.5. The highest BCUT2D eigenvalue weighted by Gasteiger charge is 2.16. The van der Waals surface area contributed by atoms with Crippen molar-refractivity contribution in [2.75, 3.05) is 57.6 Å². The molecular formula is C14H26N6O. The molecule has 0 aromatic carbocycles. The van der Waals surface area contributed by atoms with E-state index in [0.29, 0.717) is 18.6 Å². The van der Waals surface area contributed by atoms with Gasteiger partial charge >= 0.3 is 6.01 Å². The van der Waals surface area contributed by atoms with E-state index in [-0.39, 0.29) is 0 Å². The molecule has 1 aromatic rings. The van der Waals surface area contributed by atoms with Crippen LogP contribution in [-0.2, 0) is 0 Å². The molecule has 118 valence electrons. The van der Waals surface area contributed by atoms with E-state index in [1.807, 2.05) is 7.05 Å². The first-order chi connectivity index (χ1) is 10.2. The van der Waals surface area contributed by atoms with Crippen LogP contribution in [0.5, 0.6) is 6.01 Å². The molecule has 0 spiro atoms. The zero-order chi connectivity index (χ0) is 15.1. The van der Waals surface area contributed by atoms with Crippen molar-refractivity contribution in [1.29, 1.82) is 0 Å². The smallest absolute Gasteiger partial charge is 0.323 e. The second kappa shape index (κ2) is 7.97. The Bertz CT molecular complexity index is 433. The van der Waals surface area contributed by atoms with Gasteiger partial charge in [0.1, 0.15) is 0 Å². The summed E-state index contributed by atoms with van der Waals surface area (Å²) in [6.07, 6.45) is 4.63. The molecule has 1 aliphatic heterocycles. The fraction of sp³-hybridized carbons (Fsp3) is 0.786. The lowest BCUT2D eigenvalue weighted by atomic mass is 10.1. The summed E-state index contributed by atoms with van der Waals surface area (Å²) in [5, 5.41) is 2.98. The standard InChI is InChI=1S/C14H26N6O/c1-15-12-16-13(20-9-5-4-6-10-20)18-14(17-12)21-11-7-8-19(2)3/h4-11H2,1-3H3,(H,15,16,17,18). The highest BCUT2D eigenvalue weighted by Crippen LogP contribution is 2.19. The Morgan fingerprint density at radius 3 is 2.57 bits per heavy atom. The summed E-state index contributed by atoms with van der Waals surface area (Å²) < 4.78 is 5.67. The molecule has 1 aromatic heterocycles. The monoisotopic (exact) mass is 294 g/mol. The number of piperidine rings is 1. The molecule has 0 radical (unpaired) electrons. The first-order valence-corrected chi connectivity index (χ1v) is 7.65. The van der Waals surface area contributed by atoms with E-state index in [4.69, 9.17) is 4.74 Å². The Morgan fingerprint density at radius 1 is 1.14 bits per heavy atom. The van der Waals surface area contributed by atoms with Gasteiger partial charge < -0.3 is 19.9 Å². The number of nitrogens with zero attached hydrogens (tertiary/aromatic N) is 5. The van der Waals surface area contributed by atoms with Crippen LogP contribution in [0, 0.1) is 0 Å². The van der Waals surface area contributed by atoms with Crippen molar-refractivity contribution >= 4 is 11.9 Å². The number of rotatable bonds is 7. The molecule has 1 aliphatic rings. The van der Waals surface area contributed by atoms with Gasteiger partial charge in [-0.25, -0.2) is 0 Å². The number of nitrogens with one attached hydrogen (secondary N) is 1. The lowest BCUT2D eigenvalue weighted by molar-refractivity contribution is 0.263. The summed E-state index contributed by atoms with van der Waals surface area (Å²) in [5.74, 6) is 1.28. The highest BCUT2D eigenvalue weighted by molar-refractivity contribution is 5.38. The molecule has 7 nitrogen and oxygen atoms in total. The van der Waals surface area contributed by atoms with Gasteiger partial charge in [-0.15, -0.1) is 0 Å². The van der Waals surface area contributed by atoms with Gasteiger partial charge in [0, 0.05) is 26.7 Å². The predicted molar refractivity (Wildman–Crippen MR) is 84.1 cm³/mol. The third kappa shape index (κ3) is 5.00. The molecule has 7 heteroatoms. The summed E-state index contributed by atoms with van der Waals surface area (Å²) in [4.78, 5) is 17.5. The van der Waals surface area contributed by atoms with Crippen LogP contribution < -0.4 is 15.0 Å². The number of aromatic nitrogens is 3. The molecule has 0 unspecified atom stereocenters. The van der Waals surface area contributed by atoms with Crippen molar-refractivity contribution < 1.29 is 4.74 Å². The Balaban J connectivity index is 1.99. The van der Waals surface area contributed by atoms with Crippen LogP contribution in [0.2, 0.25) is 0 Å². The van der Waals surface area contributed by atoms with Crippen LogP contribution in [0.15, 0.2) is 0 Å². The van der Waals surface area contributed by atoms with Crippen molar-refractivity contribution in [3.8, 4) is 6.01 Å². The molecule has 1 N–H and O–H groups in total. The summed E-state index contributed by atoms with van der Waals surface area (Å²) >= 11 is 0. The van der Waals surface area contributed by atoms with Gasteiger partial charge in [-0.3, -0.25) is 0 Å². The van der Waals surface area contributed by atoms with Crippen molar-refractivity contribution in [3.63, 3.8) is 0 Å². The van der Waals surface area contributed by atoms with Crippen LogP contribution in [0.4, 0.5) is 11.9 Å². The van der Waals surface area contributed by atoms with Crippen LogP contribution in [-0.4, -0.2) is 67.2 Å². The third-order valence-corrected chi connectivity index (χ3v) is 3.45. The maximum atomic E-state index is 5.67. The summed E-state index contributed by atoms with van der Waals surface area (Å²) in [5.41, 5.74) is 0. The van der Waals surface area contributed by atoms with Crippen LogP contribution in [0.1, 0.15) is 25.7 Å². The van der Waals surface area contributed by atoms with Gasteiger partial charge in [0.25, 0.3) is 0 Å². The van der Waals surface area contributed by atoms with E-state index in [0.717, 1.165) is 32.0 Å². The number of hydrogen-bond acceptors (Lipinski definition) is 7. The van der Waals surface area contributed by atoms with E-state index in [2.05, 4.69) is 44.2 Å². The maximum absolute atomic E-state index is 5.67. The van der Waals surface area contributed by atoms with E-state index in [9.17, 15) is 0 Å². The average Bonchev–Trinajstić information content (AvgIpc) is 2.52. The van der Waals surface area contributed by atoms with Gasteiger partial charge in [0.2, 0.25) is 11.9 Å². The van der Waals surface area contributed by atoms with Crippen molar-refractivity contribution in [3.05, 3.63) is 0 Å². The lowest BCUT2D eigenvalue weighted by Crippen LogP contribution is -2.31. The van der Waals surface area contributed by atoms with Crippen molar-refractivity contribution in [1.82, 2.24) is 19.9 Å². The van der Waals surface area contributed by atoms with Gasteiger partial charge in [0.05, 0.1) is 6.61 Å². The maximum Gasteiger partial charge on any atom is 0.323 e. The molecule has 0 aliphatic carbocycles. The lowest BCUT2D eigenvalue weighted by Gasteiger charge is -2.26. The molecule has 0 saturated carbocycles. The van der Waals surface area contributed by atoms with E-state index in [1.54, 1.807) is 0 Å². The van der Waals surface area contributed by atoms with Crippen molar-refractivity contribution in [2.24, 2.45) is 0 Å². The van der Waals surface area contributed by atoms with Crippen LogP contribution >= 0.6 is 0 Å². The Kier molecular flexibility index (Phi) is 5.98. The Morgan fingerprint density at radius 2 is 1.90 bits per heavy atom. The van der Waals surface area contributed by atoms with Gasteiger partial charge in [-0.1, -0.05) is 0 Å². The average molecular weight is 294 g/mol. The molecule has 2 heterocycles. The van der Waals surface area contributed by atoms with Crippen LogP contribution in [0.25, 0.3) is 0 Å². The second-order valence-electron chi connectivity index (χ2n) is 5.54. The predicted octanol–water partition coefficient (Wildman–Crippen LogP) is 1.23.